The molecule has 0 aliphatic heterocycles. The average Bonchev–Trinajstić information content (AvgIpc) is 2.93. The molecule has 128 valence electrons. The van der Waals surface area contributed by atoms with Crippen molar-refractivity contribution in [3.63, 3.8) is 0 Å². The van der Waals surface area contributed by atoms with Crippen LogP contribution in [0.15, 0.2) is 52.9 Å². The van der Waals surface area contributed by atoms with Crippen molar-refractivity contribution < 1.29 is 18.7 Å². The summed E-state index contributed by atoms with van der Waals surface area (Å²) < 4.78 is 10.6. The number of carbonyl (C=O) groups is 2. The van der Waals surface area contributed by atoms with Gasteiger partial charge in [0.2, 0.25) is 0 Å². The van der Waals surface area contributed by atoms with E-state index in [0.717, 1.165) is 10.8 Å². The van der Waals surface area contributed by atoms with E-state index in [1.165, 1.54) is 6.92 Å². The topological polar surface area (TPSA) is 68.5 Å². The number of hydrogen-bond acceptors (Lipinski definition) is 4. The van der Waals surface area contributed by atoms with Crippen molar-refractivity contribution >= 4 is 28.3 Å². The molecule has 1 atom stereocenters. The number of fused-ring (bicyclic) bond motifs is 1. The molecule has 1 aromatic heterocycles. The van der Waals surface area contributed by atoms with Crippen molar-refractivity contribution in [1.82, 2.24) is 0 Å². The molecule has 0 spiro atoms. The van der Waals surface area contributed by atoms with Gasteiger partial charge in [-0.05, 0) is 49.7 Å². The molecule has 0 bridgehead atoms. The van der Waals surface area contributed by atoms with Crippen molar-refractivity contribution in [3.05, 3.63) is 65.6 Å². The first-order valence-electron chi connectivity index (χ1n) is 8.02. The predicted molar refractivity (Wildman–Crippen MR) is 95.6 cm³/mol. The number of esters is 1. The lowest BCUT2D eigenvalue weighted by atomic mass is 10.1. The van der Waals surface area contributed by atoms with Gasteiger partial charge in [-0.3, -0.25) is 4.79 Å². The smallest absolute Gasteiger partial charge is 0.342 e. The molecule has 0 aliphatic carbocycles. The summed E-state index contributed by atoms with van der Waals surface area (Å²) >= 11 is 0. The molecule has 0 saturated heterocycles. The summed E-state index contributed by atoms with van der Waals surface area (Å²) in [6.07, 6.45) is -0.923. The van der Waals surface area contributed by atoms with Crippen LogP contribution in [-0.2, 0) is 9.53 Å². The van der Waals surface area contributed by atoms with Gasteiger partial charge in [0.15, 0.2) is 6.10 Å². The molecule has 25 heavy (non-hydrogen) atoms. The van der Waals surface area contributed by atoms with Gasteiger partial charge in [-0.1, -0.05) is 30.3 Å². The third-order valence-corrected chi connectivity index (χ3v) is 3.93. The number of ether oxygens (including phenoxy) is 1. The SMILES string of the molecule is Cc1cc(C(=O)O[C@H](C)C(=O)Nc2ccc3ccccc3c2)c(C)o1. The lowest BCUT2D eigenvalue weighted by Gasteiger charge is -2.13. The van der Waals surface area contributed by atoms with E-state index >= 15 is 0 Å². The Labute approximate surface area is 145 Å². The van der Waals surface area contributed by atoms with E-state index in [2.05, 4.69) is 5.32 Å². The van der Waals surface area contributed by atoms with E-state index in [-0.39, 0.29) is 5.91 Å². The van der Waals surface area contributed by atoms with Crippen molar-refractivity contribution in [3.8, 4) is 0 Å². The van der Waals surface area contributed by atoms with E-state index in [0.29, 0.717) is 22.8 Å². The van der Waals surface area contributed by atoms with Crippen LogP contribution < -0.4 is 5.32 Å². The first kappa shape index (κ1) is 16.8. The van der Waals surface area contributed by atoms with Gasteiger partial charge in [0.25, 0.3) is 5.91 Å². The Bertz CT molecular complexity index is 942. The van der Waals surface area contributed by atoms with Crippen LogP contribution in [0.25, 0.3) is 10.8 Å². The number of hydrogen-bond donors (Lipinski definition) is 1. The van der Waals surface area contributed by atoms with Crippen LogP contribution in [0, 0.1) is 13.8 Å². The summed E-state index contributed by atoms with van der Waals surface area (Å²) in [5.41, 5.74) is 0.991. The Balaban J connectivity index is 1.67. The minimum Gasteiger partial charge on any atom is -0.466 e. The molecule has 5 heteroatoms. The molecule has 0 radical (unpaired) electrons. The molecule has 1 amide bonds. The monoisotopic (exact) mass is 337 g/mol. The fraction of sp³-hybridized carbons (Fsp3) is 0.200. The Morgan fingerprint density at radius 3 is 2.44 bits per heavy atom. The second-order valence-electron chi connectivity index (χ2n) is 5.93. The molecular formula is C20H19NO4. The fourth-order valence-corrected chi connectivity index (χ4v) is 2.62. The maximum Gasteiger partial charge on any atom is 0.342 e. The Kier molecular flexibility index (Phi) is 4.57. The number of aryl methyl sites for hydroxylation is 2. The zero-order valence-electron chi connectivity index (χ0n) is 14.3. The fourth-order valence-electron chi connectivity index (χ4n) is 2.62. The third kappa shape index (κ3) is 3.71. The number of rotatable bonds is 4. The second-order valence-corrected chi connectivity index (χ2v) is 5.93. The number of furan rings is 1. The highest BCUT2D eigenvalue weighted by Crippen LogP contribution is 2.20. The summed E-state index contributed by atoms with van der Waals surface area (Å²) in [5, 5.41) is 4.88. The summed E-state index contributed by atoms with van der Waals surface area (Å²) in [5.74, 6) is 0.138. The first-order chi connectivity index (χ1) is 11.9. The molecule has 2 aromatic carbocycles. The van der Waals surface area contributed by atoms with Gasteiger partial charge in [0, 0.05) is 5.69 Å². The van der Waals surface area contributed by atoms with Crippen LogP contribution in [0.3, 0.4) is 0 Å². The highest BCUT2D eigenvalue weighted by molar-refractivity contribution is 5.99. The van der Waals surface area contributed by atoms with Gasteiger partial charge >= 0.3 is 5.97 Å². The van der Waals surface area contributed by atoms with Crippen LogP contribution in [0.5, 0.6) is 0 Å². The predicted octanol–water partition coefficient (Wildman–Crippen LogP) is 4.23. The van der Waals surface area contributed by atoms with Gasteiger partial charge < -0.3 is 14.5 Å². The third-order valence-electron chi connectivity index (χ3n) is 3.93. The summed E-state index contributed by atoms with van der Waals surface area (Å²) in [4.78, 5) is 24.5. The molecule has 3 aromatic rings. The minimum atomic E-state index is -0.923. The summed E-state index contributed by atoms with van der Waals surface area (Å²) in [6.45, 7) is 4.97. The highest BCUT2D eigenvalue weighted by Gasteiger charge is 2.22. The van der Waals surface area contributed by atoms with Crippen molar-refractivity contribution in [2.24, 2.45) is 0 Å². The maximum atomic E-state index is 12.3. The van der Waals surface area contributed by atoms with Gasteiger partial charge in [0.05, 0.1) is 0 Å². The second kappa shape index (κ2) is 6.81. The van der Waals surface area contributed by atoms with E-state index in [1.807, 2.05) is 42.5 Å². The number of amides is 1. The van der Waals surface area contributed by atoms with Gasteiger partial charge in [-0.2, -0.15) is 0 Å². The normalized spacial score (nSPS) is 12.0. The number of anilines is 1. The van der Waals surface area contributed by atoms with E-state index < -0.39 is 12.1 Å². The van der Waals surface area contributed by atoms with E-state index in [4.69, 9.17) is 9.15 Å². The summed E-state index contributed by atoms with van der Waals surface area (Å²) in [7, 11) is 0. The molecule has 3 rings (SSSR count). The molecule has 5 nitrogen and oxygen atoms in total. The standard InChI is InChI=1S/C20H19NO4/c1-12-10-18(13(2)24-12)20(23)25-14(3)19(22)21-17-9-8-15-6-4-5-7-16(15)11-17/h4-11,14H,1-3H3,(H,21,22)/t14-/m1/s1. The van der Waals surface area contributed by atoms with Crippen LogP contribution in [0.1, 0.15) is 28.8 Å². The zero-order valence-corrected chi connectivity index (χ0v) is 14.3. The maximum absolute atomic E-state index is 12.3. The van der Waals surface area contributed by atoms with Crippen molar-refractivity contribution in [1.29, 1.82) is 0 Å². The van der Waals surface area contributed by atoms with Crippen LogP contribution in [-0.4, -0.2) is 18.0 Å². The lowest BCUT2D eigenvalue weighted by Crippen LogP contribution is -2.30. The molecule has 0 aliphatic rings. The van der Waals surface area contributed by atoms with Crippen LogP contribution in [0.2, 0.25) is 0 Å². The average molecular weight is 337 g/mol. The molecule has 1 N–H and O–H groups in total. The molecular weight excluding hydrogens is 318 g/mol. The molecule has 1 heterocycles. The quantitative estimate of drug-likeness (QED) is 0.723. The largest absolute Gasteiger partial charge is 0.466 e. The number of nitrogens with one attached hydrogen (secondary N) is 1. The Morgan fingerprint density at radius 2 is 1.76 bits per heavy atom. The number of carbonyl (C=O) groups excluding carboxylic acids is 2. The number of benzene rings is 2. The van der Waals surface area contributed by atoms with Crippen molar-refractivity contribution in [2.75, 3.05) is 5.32 Å². The van der Waals surface area contributed by atoms with Gasteiger partial charge in [-0.25, -0.2) is 4.79 Å². The lowest BCUT2D eigenvalue weighted by molar-refractivity contribution is -0.123. The Hall–Kier alpha value is -3.08. The highest BCUT2D eigenvalue weighted by atomic mass is 16.5. The van der Waals surface area contributed by atoms with E-state index in [9.17, 15) is 9.59 Å². The molecule has 0 unspecified atom stereocenters. The molecule has 0 saturated carbocycles. The molecule has 0 fully saturated rings. The Morgan fingerprint density at radius 1 is 1.04 bits per heavy atom. The van der Waals surface area contributed by atoms with E-state index in [1.54, 1.807) is 19.9 Å². The first-order valence-corrected chi connectivity index (χ1v) is 8.02. The van der Waals surface area contributed by atoms with Crippen molar-refractivity contribution in [2.45, 2.75) is 26.9 Å². The zero-order chi connectivity index (χ0) is 18.0. The van der Waals surface area contributed by atoms with Crippen LogP contribution in [0.4, 0.5) is 5.69 Å². The minimum absolute atomic E-state index is 0.336. The summed E-state index contributed by atoms with van der Waals surface area (Å²) in [6, 6.07) is 15.1. The van der Waals surface area contributed by atoms with Gasteiger partial charge in [-0.15, -0.1) is 0 Å². The van der Waals surface area contributed by atoms with Gasteiger partial charge in [0.1, 0.15) is 17.1 Å². The van der Waals surface area contributed by atoms with Crippen LogP contribution >= 0.6 is 0 Å².